The molecule has 0 bridgehead atoms. The summed E-state index contributed by atoms with van der Waals surface area (Å²) in [5.74, 6) is 1.27. The number of rotatable bonds is 6. The van der Waals surface area contributed by atoms with E-state index in [4.69, 9.17) is 21.3 Å². The minimum Gasteiger partial charge on any atom is -0.489 e. The SMILES string of the molecule is CCS(=O)(=O)N1c2ccc(OC3CCN(C(C)=N)C3)cc2CC1c1ccc2ccc(C(=N)N)cc2c1. The molecular weight excluding hydrogens is 474 g/mol. The van der Waals surface area contributed by atoms with Crippen molar-refractivity contribution < 1.29 is 13.2 Å². The van der Waals surface area contributed by atoms with Crippen LogP contribution in [0.1, 0.15) is 43.0 Å². The first kappa shape index (κ1) is 24.1. The largest absolute Gasteiger partial charge is 0.489 e. The van der Waals surface area contributed by atoms with Gasteiger partial charge in [-0.05, 0) is 66.1 Å². The van der Waals surface area contributed by atoms with Gasteiger partial charge in [-0.25, -0.2) is 8.42 Å². The van der Waals surface area contributed by atoms with Gasteiger partial charge in [-0.3, -0.25) is 15.1 Å². The summed E-state index contributed by atoms with van der Waals surface area (Å²) in [6, 6.07) is 16.9. The monoisotopic (exact) mass is 505 g/mol. The molecule has 4 N–H and O–H groups in total. The highest BCUT2D eigenvalue weighted by molar-refractivity contribution is 7.92. The third-order valence-electron chi connectivity index (χ3n) is 7.13. The lowest BCUT2D eigenvalue weighted by atomic mass is 9.98. The molecular formula is C27H31N5O3S. The van der Waals surface area contributed by atoms with Crippen LogP contribution in [0.4, 0.5) is 5.69 Å². The number of benzene rings is 3. The molecule has 0 saturated carbocycles. The molecule has 0 radical (unpaired) electrons. The number of fused-ring (bicyclic) bond motifs is 2. The molecule has 0 aromatic heterocycles. The molecule has 3 aromatic carbocycles. The Hall–Kier alpha value is -3.59. The number of hydrogen-bond acceptors (Lipinski definition) is 5. The number of amidine groups is 2. The zero-order chi connectivity index (χ0) is 25.6. The van der Waals surface area contributed by atoms with E-state index in [9.17, 15) is 8.42 Å². The highest BCUT2D eigenvalue weighted by Crippen LogP contribution is 2.44. The van der Waals surface area contributed by atoms with Crippen molar-refractivity contribution in [2.75, 3.05) is 23.1 Å². The van der Waals surface area contributed by atoms with Crippen molar-refractivity contribution in [2.24, 2.45) is 5.73 Å². The Bertz CT molecular complexity index is 1470. The Balaban J connectivity index is 1.48. The number of nitrogens with one attached hydrogen (secondary N) is 2. The molecule has 9 heteroatoms. The fraction of sp³-hybridized carbons (Fsp3) is 0.333. The molecule has 5 rings (SSSR count). The van der Waals surface area contributed by atoms with E-state index in [-0.39, 0.29) is 23.7 Å². The first-order chi connectivity index (χ1) is 17.2. The summed E-state index contributed by atoms with van der Waals surface area (Å²) in [4.78, 5) is 2.00. The molecule has 2 atom stereocenters. The second kappa shape index (κ2) is 9.13. The smallest absolute Gasteiger partial charge is 0.235 e. The van der Waals surface area contributed by atoms with Gasteiger partial charge in [-0.15, -0.1) is 0 Å². The van der Waals surface area contributed by atoms with E-state index in [1.165, 1.54) is 0 Å². The van der Waals surface area contributed by atoms with E-state index in [2.05, 4.69) is 0 Å². The van der Waals surface area contributed by atoms with Gasteiger partial charge < -0.3 is 15.4 Å². The fourth-order valence-electron chi connectivity index (χ4n) is 5.17. The average molecular weight is 506 g/mol. The normalized spacial score (nSPS) is 19.5. The van der Waals surface area contributed by atoms with Gasteiger partial charge in [0.05, 0.1) is 29.9 Å². The van der Waals surface area contributed by atoms with Crippen molar-refractivity contribution >= 4 is 38.2 Å². The molecule has 2 heterocycles. The van der Waals surface area contributed by atoms with E-state index in [0.717, 1.165) is 40.6 Å². The van der Waals surface area contributed by atoms with Crippen LogP contribution in [-0.2, 0) is 16.4 Å². The van der Waals surface area contributed by atoms with Crippen molar-refractivity contribution in [1.29, 1.82) is 10.8 Å². The van der Waals surface area contributed by atoms with Crippen molar-refractivity contribution in [2.45, 2.75) is 38.8 Å². The summed E-state index contributed by atoms with van der Waals surface area (Å²) < 4.78 is 34.3. The maximum Gasteiger partial charge on any atom is 0.235 e. The lowest BCUT2D eigenvalue weighted by Crippen LogP contribution is -2.33. The molecule has 0 aliphatic carbocycles. The molecule has 2 unspecified atom stereocenters. The standard InChI is InChI=1S/C27H31N5O3S/c1-3-36(33,34)32-25-9-8-23(35-24-10-11-31(16-24)17(2)28)14-22(25)15-26(32)19-6-4-18-5-7-20(27(29)30)13-21(18)12-19/h4-9,12-14,24,26,28H,3,10-11,15-16H2,1-2H3,(H3,29,30). The Labute approximate surface area is 211 Å². The van der Waals surface area contributed by atoms with E-state index in [1.807, 2.05) is 59.5 Å². The van der Waals surface area contributed by atoms with Crippen LogP contribution in [0.2, 0.25) is 0 Å². The molecule has 188 valence electrons. The van der Waals surface area contributed by atoms with Crippen molar-refractivity contribution in [1.82, 2.24) is 4.90 Å². The Kier molecular flexibility index (Phi) is 6.12. The number of nitrogen functional groups attached to an aromatic ring is 1. The van der Waals surface area contributed by atoms with E-state index in [0.29, 0.717) is 30.1 Å². The summed E-state index contributed by atoms with van der Waals surface area (Å²) in [5, 5.41) is 17.5. The fourth-order valence-corrected chi connectivity index (χ4v) is 6.51. The third-order valence-corrected chi connectivity index (χ3v) is 8.91. The Morgan fingerprint density at radius 2 is 1.86 bits per heavy atom. The zero-order valence-corrected chi connectivity index (χ0v) is 21.3. The average Bonchev–Trinajstić information content (AvgIpc) is 3.48. The highest BCUT2D eigenvalue weighted by atomic mass is 32.2. The van der Waals surface area contributed by atoms with Crippen LogP contribution in [-0.4, -0.2) is 49.9 Å². The lowest BCUT2D eigenvalue weighted by Gasteiger charge is -2.27. The van der Waals surface area contributed by atoms with Gasteiger partial charge >= 0.3 is 0 Å². The maximum absolute atomic E-state index is 13.2. The number of likely N-dealkylation sites (tertiary alicyclic amines) is 1. The minimum absolute atomic E-state index is 0.000508. The topological polar surface area (TPSA) is 124 Å². The Morgan fingerprint density at radius 1 is 1.08 bits per heavy atom. The van der Waals surface area contributed by atoms with Crippen LogP contribution in [0.15, 0.2) is 54.6 Å². The van der Waals surface area contributed by atoms with Gasteiger partial charge in [-0.2, -0.15) is 0 Å². The highest BCUT2D eigenvalue weighted by Gasteiger charge is 2.38. The summed E-state index contributed by atoms with van der Waals surface area (Å²) >= 11 is 0. The predicted molar refractivity (Wildman–Crippen MR) is 144 cm³/mol. The first-order valence-electron chi connectivity index (χ1n) is 12.2. The summed E-state index contributed by atoms with van der Waals surface area (Å²) in [5.41, 5.74) is 8.84. The number of nitrogens with two attached hydrogens (primary N) is 1. The second-order valence-corrected chi connectivity index (χ2v) is 11.6. The molecule has 0 amide bonds. The molecule has 2 aliphatic heterocycles. The van der Waals surface area contributed by atoms with Crippen LogP contribution in [0, 0.1) is 10.8 Å². The molecule has 1 saturated heterocycles. The second-order valence-electron chi connectivity index (χ2n) is 9.50. The number of sulfonamides is 1. The molecule has 36 heavy (non-hydrogen) atoms. The van der Waals surface area contributed by atoms with Crippen LogP contribution in [0.25, 0.3) is 10.8 Å². The summed E-state index contributed by atoms with van der Waals surface area (Å²) in [6.07, 6.45) is 1.40. The van der Waals surface area contributed by atoms with E-state index in [1.54, 1.807) is 18.2 Å². The van der Waals surface area contributed by atoms with E-state index < -0.39 is 10.0 Å². The summed E-state index contributed by atoms with van der Waals surface area (Å²) in [6.45, 7) is 4.94. The van der Waals surface area contributed by atoms with Crippen LogP contribution in [0.5, 0.6) is 5.75 Å². The molecule has 0 spiro atoms. The van der Waals surface area contributed by atoms with Gasteiger partial charge in [0.15, 0.2) is 0 Å². The van der Waals surface area contributed by atoms with Crippen molar-refractivity contribution in [3.63, 3.8) is 0 Å². The first-order valence-corrected chi connectivity index (χ1v) is 13.8. The van der Waals surface area contributed by atoms with Crippen LogP contribution in [0.3, 0.4) is 0 Å². The summed E-state index contributed by atoms with van der Waals surface area (Å²) in [7, 11) is -3.53. The number of hydrogen-bond donors (Lipinski definition) is 3. The minimum atomic E-state index is -3.53. The number of nitrogens with zero attached hydrogens (tertiary/aromatic N) is 2. The maximum atomic E-state index is 13.2. The number of ether oxygens (including phenoxy) is 1. The van der Waals surface area contributed by atoms with Gasteiger partial charge in [0, 0.05) is 24.9 Å². The third kappa shape index (κ3) is 4.39. The molecule has 2 aliphatic rings. The van der Waals surface area contributed by atoms with Crippen molar-refractivity contribution in [3.8, 4) is 5.75 Å². The molecule has 8 nitrogen and oxygen atoms in total. The van der Waals surface area contributed by atoms with Crippen molar-refractivity contribution in [3.05, 3.63) is 71.3 Å². The quantitative estimate of drug-likeness (QED) is 0.345. The predicted octanol–water partition coefficient (Wildman–Crippen LogP) is 4.03. The Morgan fingerprint density at radius 3 is 2.56 bits per heavy atom. The van der Waals surface area contributed by atoms with Crippen LogP contribution >= 0.6 is 0 Å². The van der Waals surface area contributed by atoms with Gasteiger partial charge in [0.25, 0.3) is 0 Å². The molecule has 1 fully saturated rings. The number of anilines is 1. The van der Waals surface area contributed by atoms with Gasteiger partial charge in [0.2, 0.25) is 10.0 Å². The van der Waals surface area contributed by atoms with Gasteiger partial charge in [-0.1, -0.05) is 24.3 Å². The van der Waals surface area contributed by atoms with Crippen LogP contribution < -0.4 is 14.8 Å². The van der Waals surface area contributed by atoms with Gasteiger partial charge in [0.1, 0.15) is 17.7 Å². The van der Waals surface area contributed by atoms with E-state index >= 15 is 0 Å². The zero-order valence-electron chi connectivity index (χ0n) is 20.5. The lowest BCUT2D eigenvalue weighted by molar-refractivity contribution is 0.214. The molecule has 3 aromatic rings.